The van der Waals surface area contributed by atoms with E-state index in [0.29, 0.717) is 12.0 Å². The molecule has 0 aromatic heterocycles. The number of hydrogen-bond donors (Lipinski definition) is 1. The number of likely N-dealkylation sites (tertiary alicyclic amines) is 1. The van der Waals surface area contributed by atoms with Gasteiger partial charge in [0.1, 0.15) is 0 Å². The predicted molar refractivity (Wildman–Crippen MR) is 84.7 cm³/mol. The second kappa shape index (κ2) is 7.32. The molecule has 0 spiro atoms. The van der Waals surface area contributed by atoms with Crippen molar-refractivity contribution >= 4 is 11.8 Å². The average molecular weight is 278 g/mol. The second-order valence-electron chi connectivity index (χ2n) is 5.58. The van der Waals surface area contributed by atoms with E-state index >= 15 is 0 Å². The van der Waals surface area contributed by atoms with Gasteiger partial charge in [0.15, 0.2) is 0 Å². The van der Waals surface area contributed by atoms with Crippen molar-refractivity contribution in [1.29, 1.82) is 0 Å². The number of nitrogens with zero attached hydrogens (tertiary/aromatic N) is 1. The highest BCUT2D eigenvalue weighted by atomic mass is 32.2. The molecule has 1 aliphatic heterocycles. The zero-order valence-corrected chi connectivity index (χ0v) is 13.0. The van der Waals surface area contributed by atoms with Crippen molar-refractivity contribution in [2.45, 2.75) is 37.6 Å². The van der Waals surface area contributed by atoms with E-state index in [1.54, 1.807) is 0 Å². The SMILES string of the molecule is CCC1CN(CCSc2ccc(C)cc2)CCC1N. The Labute approximate surface area is 121 Å². The van der Waals surface area contributed by atoms with Crippen LogP contribution in [0.2, 0.25) is 0 Å². The summed E-state index contributed by atoms with van der Waals surface area (Å²) in [6.07, 6.45) is 2.37. The summed E-state index contributed by atoms with van der Waals surface area (Å²) < 4.78 is 0. The molecule has 1 aromatic rings. The van der Waals surface area contributed by atoms with Gasteiger partial charge in [-0.1, -0.05) is 31.0 Å². The third-order valence-electron chi connectivity index (χ3n) is 4.10. The fourth-order valence-electron chi connectivity index (χ4n) is 2.69. The zero-order chi connectivity index (χ0) is 13.7. The van der Waals surface area contributed by atoms with E-state index in [-0.39, 0.29) is 0 Å². The van der Waals surface area contributed by atoms with Gasteiger partial charge in [-0.2, -0.15) is 0 Å². The van der Waals surface area contributed by atoms with Gasteiger partial charge in [-0.3, -0.25) is 0 Å². The highest BCUT2D eigenvalue weighted by molar-refractivity contribution is 7.99. The van der Waals surface area contributed by atoms with Crippen molar-refractivity contribution < 1.29 is 0 Å². The van der Waals surface area contributed by atoms with Gasteiger partial charge in [0.25, 0.3) is 0 Å². The van der Waals surface area contributed by atoms with E-state index in [4.69, 9.17) is 5.73 Å². The summed E-state index contributed by atoms with van der Waals surface area (Å²) in [6.45, 7) is 7.94. The Morgan fingerprint density at radius 3 is 2.74 bits per heavy atom. The van der Waals surface area contributed by atoms with Crippen molar-refractivity contribution in [3.8, 4) is 0 Å². The lowest BCUT2D eigenvalue weighted by Crippen LogP contribution is -2.47. The van der Waals surface area contributed by atoms with Crippen LogP contribution in [0.15, 0.2) is 29.2 Å². The molecule has 0 amide bonds. The second-order valence-corrected chi connectivity index (χ2v) is 6.75. The van der Waals surface area contributed by atoms with E-state index < -0.39 is 0 Å². The molecular weight excluding hydrogens is 252 g/mol. The molecule has 1 saturated heterocycles. The summed E-state index contributed by atoms with van der Waals surface area (Å²) in [5.41, 5.74) is 7.49. The van der Waals surface area contributed by atoms with E-state index in [0.717, 1.165) is 6.42 Å². The predicted octanol–water partition coefficient (Wildman–Crippen LogP) is 3.15. The maximum atomic E-state index is 6.15. The number of benzene rings is 1. The minimum Gasteiger partial charge on any atom is -0.327 e. The Bertz CT molecular complexity index is 377. The van der Waals surface area contributed by atoms with Crippen LogP contribution in [-0.2, 0) is 0 Å². The average Bonchev–Trinajstić information content (AvgIpc) is 2.43. The summed E-state index contributed by atoms with van der Waals surface area (Å²) in [6, 6.07) is 9.25. The molecule has 0 aliphatic carbocycles. The minimum atomic E-state index is 0.422. The van der Waals surface area contributed by atoms with Crippen LogP contribution in [0.5, 0.6) is 0 Å². The molecule has 2 unspecified atom stereocenters. The summed E-state index contributed by atoms with van der Waals surface area (Å²) in [5, 5.41) is 0. The van der Waals surface area contributed by atoms with Crippen LogP contribution in [-0.4, -0.2) is 36.3 Å². The van der Waals surface area contributed by atoms with Gasteiger partial charge in [-0.05, 0) is 37.9 Å². The third kappa shape index (κ3) is 4.51. The Morgan fingerprint density at radius 2 is 2.05 bits per heavy atom. The molecule has 2 rings (SSSR count). The molecule has 2 nitrogen and oxygen atoms in total. The van der Waals surface area contributed by atoms with Crippen molar-refractivity contribution in [1.82, 2.24) is 4.90 Å². The third-order valence-corrected chi connectivity index (χ3v) is 5.09. The molecule has 1 fully saturated rings. The number of piperidine rings is 1. The normalized spacial score (nSPS) is 24.6. The monoisotopic (exact) mass is 278 g/mol. The smallest absolute Gasteiger partial charge is 0.0108 e. The van der Waals surface area contributed by atoms with Gasteiger partial charge >= 0.3 is 0 Å². The molecule has 2 atom stereocenters. The molecular formula is C16H26N2S. The fourth-order valence-corrected chi connectivity index (χ4v) is 3.60. The number of aryl methyl sites for hydroxylation is 1. The van der Waals surface area contributed by atoms with Crippen molar-refractivity contribution in [3.05, 3.63) is 29.8 Å². The topological polar surface area (TPSA) is 29.3 Å². The molecule has 0 radical (unpaired) electrons. The molecule has 106 valence electrons. The standard InChI is InChI=1S/C16H26N2S/c1-3-14-12-18(9-8-16(14)17)10-11-19-15-6-4-13(2)5-7-15/h4-7,14,16H,3,8-12,17H2,1-2H3. The van der Waals surface area contributed by atoms with Crippen molar-refractivity contribution in [3.63, 3.8) is 0 Å². The Balaban J connectivity index is 1.72. The molecule has 1 aromatic carbocycles. The van der Waals surface area contributed by atoms with Gasteiger partial charge in [0, 0.05) is 29.8 Å². The van der Waals surface area contributed by atoms with Crippen LogP contribution in [0.3, 0.4) is 0 Å². The van der Waals surface area contributed by atoms with Gasteiger partial charge < -0.3 is 10.6 Å². The zero-order valence-electron chi connectivity index (χ0n) is 12.1. The molecule has 2 N–H and O–H groups in total. The van der Waals surface area contributed by atoms with Crippen LogP contribution in [0.25, 0.3) is 0 Å². The van der Waals surface area contributed by atoms with Crippen LogP contribution in [0.4, 0.5) is 0 Å². The first-order valence-corrected chi connectivity index (χ1v) is 8.35. The summed E-state index contributed by atoms with van der Waals surface area (Å²) in [4.78, 5) is 3.96. The Morgan fingerprint density at radius 1 is 1.32 bits per heavy atom. The lowest BCUT2D eigenvalue weighted by molar-refractivity contribution is 0.160. The summed E-state index contributed by atoms with van der Waals surface area (Å²) in [7, 11) is 0. The molecule has 0 saturated carbocycles. The van der Waals surface area contributed by atoms with Crippen LogP contribution in [0, 0.1) is 12.8 Å². The molecule has 3 heteroatoms. The maximum absolute atomic E-state index is 6.15. The fraction of sp³-hybridized carbons (Fsp3) is 0.625. The number of rotatable bonds is 5. The number of nitrogens with two attached hydrogens (primary N) is 1. The number of thioether (sulfide) groups is 1. The van der Waals surface area contributed by atoms with E-state index in [1.165, 1.54) is 42.3 Å². The van der Waals surface area contributed by atoms with E-state index in [9.17, 15) is 0 Å². The highest BCUT2D eigenvalue weighted by Crippen LogP contribution is 2.21. The number of hydrogen-bond acceptors (Lipinski definition) is 3. The molecule has 1 heterocycles. The minimum absolute atomic E-state index is 0.422. The first-order valence-electron chi connectivity index (χ1n) is 7.36. The molecule has 1 aliphatic rings. The van der Waals surface area contributed by atoms with Crippen molar-refractivity contribution in [2.24, 2.45) is 11.7 Å². The Hall–Kier alpha value is -0.510. The lowest BCUT2D eigenvalue weighted by Gasteiger charge is -2.36. The van der Waals surface area contributed by atoms with Crippen molar-refractivity contribution in [2.75, 3.05) is 25.4 Å². The maximum Gasteiger partial charge on any atom is 0.0108 e. The molecule has 19 heavy (non-hydrogen) atoms. The largest absolute Gasteiger partial charge is 0.327 e. The van der Waals surface area contributed by atoms with Gasteiger partial charge in [0.05, 0.1) is 0 Å². The summed E-state index contributed by atoms with van der Waals surface area (Å²) in [5.74, 6) is 1.87. The van der Waals surface area contributed by atoms with Crippen LogP contribution in [0.1, 0.15) is 25.3 Å². The quantitative estimate of drug-likeness (QED) is 0.839. The van der Waals surface area contributed by atoms with Gasteiger partial charge in [-0.25, -0.2) is 0 Å². The first-order chi connectivity index (χ1) is 9.19. The lowest BCUT2D eigenvalue weighted by atomic mass is 9.91. The highest BCUT2D eigenvalue weighted by Gasteiger charge is 2.24. The van der Waals surface area contributed by atoms with E-state index in [1.807, 2.05) is 11.8 Å². The Kier molecular flexibility index (Phi) is 5.74. The molecule has 0 bridgehead atoms. The van der Waals surface area contributed by atoms with E-state index in [2.05, 4.69) is 43.0 Å². The summed E-state index contributed by atoms with van der Waals surface area (Å²) >= 11 is 1.96. The van der Waals surface area contributed by atoms with Crippen LogP contribution < -0.4 is 5.73 Å². The van der Waals surface area contributed by atoms with Gasteiger partial charge in [0.2, 0.25) is 0 Å². The van der Waals surface area contributed by atoms with Gasteiger partial charge in [-0.15, -0.1) is 11.8 Å². The first kappa shape index (κ1) is 14.9. The van der Waals surface area contributed by atoms with Crippen LogP contribution >= 0.6 is 11.8 Å².